The van der Waals surface area contributed by atoms with E-state index in [-0.39, 0.29) is 22.7 Å². The average molecular weight is 541 g/mol. The van der Waals surface area contributed by atoms with E-state index in [0.717, 1.165) is 80.7 Å². The Hall–Kier alpha value is -2.39. The van der Waals surface area contributed by atoms with Crippen molar-refractivity contribution in [1.29, 1.82) is 0 Å². The van der Waals surface area contributed by atoms with Crippen molar-refractivity contribution in [2.24, 2.45) is 0 Å². The molecule has 1 aromatic rings. The van der Waals surface area contributed by atoms with Crippen molar-refractivity contribution in [3.63, 3.8) is 0 Å². The standard InChI is InChI=1S/C30H52N8O/c1-11-30(12-2,37(10)24-18-22(4)35-29(7,8)20-24)25-31-26(33-27(32-25)38-13-15-39-16-14-38)36(9)23-17-21(3)34-28(5,6)19-23/h23-24,34-35H,3-4,11-20H2,1-2,5-10H3. The predicted molar refractivity (Wildman–Crippen MR) is 160 cm³/mol. The van der Waals surface area contributed by atoms with E-state index in [4.69, 9.17) is 19.7 Å². The van der Waals surface area contributed by atoms with Gasteiger partial charge in [-0.2, -0.15) is 15.0 Å². The third-order valence-electron chi connectivity index (χ3n) is 9.06. The number of nitrogens with zero attached hydrogens (tertiary/aromatic N) is 6. The second kappa shape index (κ2) is 11.2. The van der Waals surface area contributed by atoms with Crippen molar-refractivity contribution < 1.29 is 4.74 Å². The van der Waals surface area contributed by atoms with E-state index < -0.39 is 0 Å². The highest BCUT2D eigenvalue weighted by Gasteiger charge is 2.44. The summed E-state index contributed by atoms with van der Waals surface area (Å²) >= 11 is 0. The van der Waals surface area contributed by atoms with Crippen LogP contribution >= 0.6 is 0 Å². The van der Waals surface area contributed by atoms with Crippen molar-refractivity contribution in [2.75, 3.05) is 50.2 Å². The first-order valence-corrected chi connectivity index (χ1v) is 14.8. The van der Waals surface area contributed by atoms with Crippen molar-refractivity contribution in [2.45, 2.75) is 109 Å². The molecule has 0 saturated carbocycles. The molecule has 9 heteroatoms. The number of ether oxygens (including phenoxy) is 1. The average Bonchev–Trinajstić information content (AvgIpc) is 2.87. The minimum absolute atomic E-state index is 0.00482. The lowest BCUT2D eigenvalue weighted by atomic mass is 9.82. The molecular weight excluding hydrogens is 488 g/mol. The minimum Gasteiger partial charge on any atom is -0.384 e. The van der Waals surface area contributed by atoms with Crippen molar-refractivity contribution >= 4 is 11.9 Å². The Morgan fingerprint density at radius 2 is 1.44 bits per heavy atom. The summed E-state index contributed by atoms with van der Waals surface area (Å²) in [7, 11) is 4.39. The van der Waals surface area contributed by atoms with E-state index in [1.807, 2.05) is 0 Å². The number of morpholine rings is 1. The van der Waals surface area contributed by atoms with Crippen LogP contribution < -0.4 is 20.4 Å². The first-order valence-electron chi connectivity index (χ1n) is 14.8. The smallest absolute Gasteiger partial charge is 0.230 e. The molecule has 0 aliphatic carbocycles. The quantitative estimate of drug-likeness (QED) is 0.505. The fourth-order valence-corrected chi connectivity index (χ4v) is 6.96. The van der Waals surface area contributed by atoms with Gasteiger partial charge >= 0.3 is 0 Å². The lowest BCUT2D eigenvalue weighted by Crippen LogP contribution is -2.57. The predicted octanol–water partition coefficient (Wildman–Crippen LogP) is 4.18. The number of hydrogen-bond acceptors (Lipinski definition) is 9. The van der Waals surface area contributed by atoms with Gasteiger partial charge in [0.05, 0.1) is 18.8 Å². The molecule has 4 heterocycles. The minimum atomic E-state index is -0.324. The van der Waals surface area contributed by atoms with E-state index in [1.54, 1.807) is 0 Å². The monoisotopic (exact) mass is 540 g/mol. The highest BCUT2D eigenvalue weighted by atomic mass is 16.5. The van der Waals surface area contributed by atoms with E-state index >= 15 is 0 Å². The van der Waals surface area contributed by atoms with Crippen LogP contribution in [0.4, 0.5) is 11.9 Å². The van der Waals surface area contributed by atoms with Crippen LogP contribution in [-0.2, 0) is 10.3 Å². The van der Waals surface area contributed by atoms with Gasteiger partial charge in [0.25, 0.3) is 0 Å². The summed E-state index contributed by atoms with van der Waals surface area (Å²) in [4.78, 5) is 22.6. The zero-order valence-corrected chi connectivity index (χ0v) is 25.7. The summed E-state index contributed by atoms with van der Waals surface area (Å²) in [5, 5.41) is 7.15. The molecular formula is C30H52N8O. The number of nitrogens with one attached hydrogen (secondary N) is 2. The van der Waals surface area contributed by atoms with Gasteiger partial charge in [-0.3, -0.25) is 4.90 Å². The highest BCUT2D eigenvalue weighted by molar-refractivity contribution is 5.42. The Morgan fingerprint density at radius 3 is 1.97 bits per heavy atom. The molecule has 0 amide bonds. The summed E-state index contributed by atoms with van der Waals surface area (Å²) in [6.45, 7) is 25.1. The van der Waals surface area contributed by atoms with Gasteiger partial charge < -0.3 is 25.2 Å². The van der Waals surface area contributed by atoms with Crippen LogP contribution in [0, 0.1) is 0 Å². The molecule has 1 aromatic heterocycles. The maximum Gasteiger partial charge on any atom is 0.230 e. The molecule has 4 rings (SSSR count). The van der Waals surface area contributed by atoms with Crippen LogP contribution in [0.3, 0.4) is 0 Å². The fourth-order valence-electron chi connectivity index (χ4n) is 6.96. The first-order chi connectivity index (χ1) is 18.3. The van der Waals surface area contributed by atoms with Crippen molar-refractivity contribution in [3.8, 4) is 0 Å². The molecule has 2 atom stereocenters. The number of aromatic nitrogens is 3. The number of anilines is 2. The molecule has 0 bridgehead atoms. The van der Waals surface area contributed by atoms with Gasteiger partial charge in [-0.05, 0) is 60.4 Å². The largest absolute Gasteiger partial charge is 0.384 e. The van der Waals surface area contributed by atoms with Gasteiger partial charge in [0.2, 0.25) is 11.9 Å². The third kappa shape index (κ3) is 6.35. The number of piperidine rings is 2. The van der Waals surface area contributed by atoms with Gasteiger partial charge in [-0.25, -0.2) is 0 Å². The second-order valence-electron chi connectivity index (χ2n) is 13.2. The molecule has 9 nitrogen and oxygen atoms in total. The van der Waals surface area contributed by atoms with E-state index in [0.29, 0.717) is 19.3 Å². The third-order valence-corrected chi connectivity index (χ3v) is 9.06. The molecule has 3 fully saturated rings. The number of rotatable bonds is 8. The summed E-state index contributed by atoms with van der Waals surface area (Å²) in [5.41, 5.74) is 1.81. The van der Waals surface area contributed by atoms with Crippen LogP contribution in [0.2, 0.25) is 0 Å². The molecule has 3 saturated heterocycles. The Kier molecular flexibility index (Phi) is 8.53. The molecule has 3 aliphatic rings. The molecule has 218 valence electrons. The van der Waals surface area contributed by atoms with Gasteiger partial charge in [-0.15, -0.1) is 0 Å². The first kappa shape index (κ1) is 29.6. The SMILES string of the molecule is C=C1CC(N(C)c2nc(N3CCOCC3)nc(C(CC)(CC)N(C)C3CC(=C)NC(C)(C)C3)n2)CC(C)(C)N1. The lowest BCUT2D eigenvalue weighted by molar-refractivity contribution is 0.0279. The summed E-state index contributed by atoms with van der Waals surface area (Å²) in [6, 6.07) is 0.595. The molecule has 2 unspecified atom stereocenters. The summed E-state index contributed by atoms with van der Waals surface area (Å²) in [6.07, 6.45) is 5.61. The Balaban J connectivity index is 1.77. The van der Waals surface area contributed by atoms with Gasteiger partial charge in [-0.1, -0.05) is 27.0 Å². The topological polar surface area (TPSA) is 81.7 Å². The molecule has 2 N–H and O–H groups in total. The zero-order valence-electron chi connectivity index (χ0n) is 25.7. The van der Waals surface area contributed by atoms with Crippen molar-refractivity contribution in [1.82, 2.24) is 30.5 Å². The molecule has 0 spiro atoms. The second-order valence-corrected chi connectivity index (χ2v) is 13.2. The Bertz CT molecular complexity index is 1040. The lowest BCUT2D eigenvalue weighted by Gasteiger charge is -2.49. The normalized spacial score (nSPS) is 25.3. The van der Waals surface area contributed by atoms with E-state index in [9.17, 15) is 0 Å². The summed E-state index contributed by atoms with van der Waals surface area (Å²) < 4.78 is 5.65. The van der Waals surface area contributed by atoms with Crippen LogP contribution in [-0.4, -0.2) is 83.4 Å². The number of hydrogen-bond donors (Lipinski definition) is 2. The van der Waals surface area contributed by atoms with E-state index in [2.05, 4.69) is 94.1 Å². The molecule has 3 aliphatic heterocycles. The molecule has 0 aromatic carbocycles. The fraction of sp³-hybridized carbons (Fsp3) is 0.767. The van der Waals surface area contributed by atoms with Gasteiger partial charge in [0.15, 0.2) is 5.82 Å². The van der Waals surface area contributed by atoms with Crippen LogP contribution in [0.1, 0.15) is 85.9 Å². The van der Waals surface area contributed by atoms with Crippen molar-refractivity contribution in [3.05, 3.63) is 30.4 Å². The Labute approximate surface area is 236 Å². The van der Waals surface area contributed by atoms with Crippen LogP contribution in [0.5, 0.6) is 0 Å². The van der Waals surface area contributed by atoms with Crippen LogP contribution in [0.15, 0.2) is 24.6 Å². The summed E-state index contributed by atoms with van der Waals surface area (Å²) in [5.74, 6) is 2.36. The highest BCUT2D eigenvalue weighted by Crippen LogP contribution is 2.40. The Morgan fingerprint density at radius 1 is 0.897 bits per heavy atom. The maximum atomic E-state index is 5.65. The van der Waals surface area contributed by atoms with E-state index in [1.165, 1.54) is 0 Å². The van der Waals surface area contributed by atoms with Gasteiger partial charge in [0.1, 0.15) is 0 Å². The van der Waals surface area contributed by atoms with Crippen LogP contribution in [0.25, 0.3) is 0 Å². The zero-order chi connectivity index (χ0) is 28.6. The maximum absolute atomic E-state index is 5.65. The molecule has 0 radical (unpaired) electrons. The van der Waals surface area contributed by atoms with Gasteiger partial charge in [0, 0.05) is 67.5 Å². The molecule has 39 heavy (non-hydrogen) atoms.